The van der Waals surface area contributed by atoms with Crippen molar-refractivity contribution >= 4 is 17.5 Å². The molecule has 0 atom stereocenters. The standard InChI is InChI=1S/C15H17NO4/c1-4-20-14(19)13-5-11-6-15(9(2)17,10(3)18)7-12(11)8-16-13/h5,8H,4,6-7H2,1-3H3. The fourth-order valence-electron chi connectivity index (χ4n) is 2.62. The molecule has 0 spiro atoms. The van der Waals surface area contributed by atoms with Crippen LogP contribution in [-0.2, 0) is 27.2 Å². The number of rotatable bonds is 4. The number of ether oxygens (including phenoxy) is 1. The van der Waals surface area contributed by atoms with Gasteiger partial charge in [0.25, 0.3) is 0 Å². The van der Waals surface area contributed by atoms with Gasteiger partial charge < -0.3 is 4.74 Å². The predicted molar refractivity (Wildman–Crippen MR) is 71.4 cm³/mol. The molecule has 1 aliphatic rings. The van der Waals surface area contributed by atoms with Crippen LogP contribution in [0.2, 0.25) is 0 Å². The molecule has 2 rings (SSSR count). The minimum atomic E-state index is -0.989. The highest BCUT2D eigenvalue weighted by Gasteiger charge is 2.45. The number of nitrogens with zero attached hydrogens (tertiary/aromatic N) is 1. The second kappa shape index (κ2) is 5.15. The first-order valence-corrected chi connectivity index (χ1v) is 6.57. The number of hydrogen-bond donors (Lipinski definition) is 0. The van der Waals surface area contributed by atoms with Crippen molar-refractivity contribution in [1.82, 2.24) is 4.98 Å². The highest BCUT2D eigenvalue weighted by molar-refractivity contribution is 6.06. The first kappa shape index (κ1) is 14.4. The summed E-state index contributed by atoms with van der Waals surface area (Å²) < 4.78 is 4.90. The molecular formula is C15H17NO4. The summed E-state index contributed by atoms with van der Waals surface area (Å²) in [5.74, 6) is -0.767. The number of hydrogen-bond acceptors (Lipinski definition) is 5. The third-order valence-electron chi connectivity index (χ3n) is 3.90. The normalized spacial score (nSPS) is 15.6. The van der Waals surface area contributed by atoms with Crippen molar-refractivity contribution < 1.29 is 19.1 Å². The van der Waals surface area contributed by atoms with Crippen molar-refractivity contribution in [2.75, 3.05) is 6.61 Å². The summed E-state index contributed by atoms with van der Waals surface area (Å²) in [5.41, 5.74) is 0.905. The van der Waals surface area contributed by atoms with Crippen LogP contribution in [0.3, 0.4) is 0 Å². The Hall–Kier alpha value is -2.04. The van der Waals surface area contributed by atoms with E-state index in [4.69, 9.17) is 4.74 Å². The molecule has 0 saturated carbocycles. The Kier molecular flexibility index (Phi) is 3.70. The average molecular weight is 275 g/mol. The Bertz CT molecular complexity index is 578. The van der Waals surface area contributed by atoms with Gasteiger partial charge in [0, 0.05) is 6.20 Å². The highest BCUT2D eigenvalue weighted by Crippen LogP contribution is 2.38. The van der Waals surface area contributed by atoms with Crippen molar-refractivity contribution in [3.05, 3.63) is 29.1 Å². The van der Waals surface area contributed by atoms with E-state index in [0.717, 1.165) is 11.1 Å². The summed E-state index contributed by atoms with van der Waals surface area (Å²) in [5, 5.41) is 0. The molecule has 0 radical (unpaired) electrons. The number of carbonyl (C=O) groups is 3. The molecule has 0 amide bonds. The second-order valence-electron chi connectivity index (χ2n) is 5.11. The first-order chi connectivity index (χ1) is 9.40. The SMILES string of the molecule is CCOC(=O)c1cc2c(cn1)CC(C(C)=O)(C(C)=O)C2. The van der Waals surface area contributed by atoms with Gasteiger partial charge in [-0.3, -0.25) is 9.59 Å². The van der Waals surface area contributed by atoms with Crippen LogP contribution in [0.1, 0.15) is 42.4 Å². The van der Waals surface area contributed by atoms with Crippen LogP contribution in [0.5, 0.6) is 0 Å². The minimum Gasteiger partial charge on any atom is -0.461 e. The minimum absolute atomic E-state index is 0.140. The van der Waals surface area contributed by atoms with E-state index in [0.29, 0.717) is 12.8 Å². The van der Waals surface area contributed by atoms with Crippen LogP contribution in [0, 0.1) is 5.41 Å². The van der Waals surface area contributed by atoms with Gasteiger partial charge in [-0.05, 0) is 50.8 Å². The number of esters is 1. The number of aromatic nitrogens is 1. The van der Waals surface area contributed by atoms with E-state index in [2.05, 4.69) is 4.98 Å². The lowest BCUT2D eigenvalue weighted by Crippen LogP contribution is -2.37. The summed E-state index contributed by atoms with van der Waals surface area (Å²) in [4.78, 5) is 39.4. The molecular weight excluding hydrogens is 258 g/mol. The van der Waals surface area contributed by atoms with Gasteiger partial charge in [0.2, 0.25) is 0 Å². The van der Waals surface area contributed by atoms with Crippen LogP contribution in [0.25, 0.3) is 0 Å². The average Bonchev–Trinajstić information content (AvgIpc) is 2.78. The van der Waals surface area contributed by atoms with Gasteiger partial charge in [-0.1, -0.05) is 0 Å². The number of pyridine rings is 1. The van der Waals surface area contributed by atoms with E-state index >= 15 is 0 Å². The number of carbonyl (C=O) groups excluding carboxylic acids is 3. The fraction of sp³-hybridized carbons (Fsp3) is 0.467. The van der Waals surface area contributed by atoms with E-state index in [-0.39, 0.29) is 23.9 Å². The Morgan fingerprint density at radius 1 is 1.20 bits per heavy atom. The smallest absolute Gasteiger partial charge is 0.356 e. The number of fused-ring (bicyclic) bond motifs is 1. The Morgan fingerprint density at radius 2 is 1.80 bits per heavy atom. The van der Waals surface area contributed by atoms with Crippen molar-refractivity contribution in [2.24, 2.45) is 5.41 Å². The molecule has 5 heteroatoms. The van der Waals surface area contributed by atoms with Crippen LogP contribution in [-0.4, -0.2) is 29.1 Å². The first-order valence-electron chi connectivity index (χ1n) is 6.57. The molecule has 1 aromatic rings. The van der Waals surface area contributed by atoms with E-state index in [1.54, 1.807) is 19.2 Å². The highest BCUT2D eigenvalue weighted by atomic mass is 16.5. The molecule has 106 valence electrons. The van der Waals surface area contributed by atoms with E-state index in [9.17, 15) is 14.4 Å². The van der Waals surface area contributed by atoms with Gasteiger partial charge in [-0.25, -0.2) is 9.78 Å². The molecule has 1 aromatic heterocycles. The molecule has 0 unspecified atom stereocenters. The Labute approximate surface area is 117 Å². The lowest BCUT2D eigenvalue weighted by molar-refractivity contribution is -0.137. The van der Waals surface area contributed by atoms with Crippen molar-refractivity contribution in [3.63, 3.8) is 0 Å². The van der Waals surface area contributed by atoms with Crippen molar-refractivity contribution in [3.8, 4) is 0 Å². The maximum absolute atomic E-state index is 11.9. The lowest BCUT2D eigenvalue weighted by Gasteiger charge is -2.21. The monoisotopic (exact) mass is 275 g/mol. The summed E-state index contributed by atoms with van der Waals surface area (Å²) in [6.07, 6.45) is 2.26. The lowest BCUT2D eigenvalue weighted by atomic mass is 9.77. The molecule has 0 aliphatic heterocycles. The summed E-state index contributed by atoms with van der Waals surface area (Å²) >= 11 is 0. The van der Waals surface area contributed by atoms with Gasteiger partial charge in [-0.2, -0.15) is 0 Å². The maximum atomic E-state index is 11.9. The maximum Gasteiger partial charge on any atom is 0.356 e. The molecule has 1 aliphatic carbocycles. The predicted octanol–water partition coefficient (Wildman–Crippen LogP) is 1.52. The second-order valence-corrected chi connectivity index (χ2v) is 5.11. The Balaban J connectivity index is 2.36. The van der Waals surface area contributed by atoms with Gasteiger partial charge in [-0.15, -0.1) is 0 Å². The molecule has 0 N–H and O–H groups in total. The van der Waals surface area contributed by atoms with Crippen LogP contribution in [0.15, 0.2) is 12.3 Å². The van der Waals surface area contributed by atoms with Crippen LogP contribution in [0.4, 0.5) is 0 Å². The molecule has 0 aromatic carbocycles. The van der Waals surface area contributed by atoms with Crippen molar-refractivity contribution in [2.45, 2.75) is 33.6 Å². The van der Waals surface area contributed by atoms with Crippen LogP contribution < -0.4 is 0 Å². The summed E-state index contributed by atoms with van der Waals surface area (Å²) in [6, 6.07) is 1.63. The quantitative estimate of drug-likeness (QED) is 0.615. The molecule has 5 nitrogen and oxygen atoms in total. The topological polar surface area (TPSA) is 73.3 Å². The van der Waals surface area contributed by atoms with Crippen molar-refractivity contribution in [1.29, 1.82) is 0 Å². The van der Waals surface area contributed by atoms with Gasteiger partial charge in [0.05, 0.1) is 12.0 Å². The zero-order valence-corrected chi connectivity index (χ0v) is 11.9. The fourth-order valence-corrected chi connectivity index (χ4v) is 2.62. The van der Waals surface area contributed by atoms with Crippen LogP contribution >= 0.6 is 0 Å². The largest absolute Gasteiger partial charge is 0.461 e. The molecule has 1 heterocycles. The van der Waals surface area contributed by atoms with Gasteiger partial charge >= 0.3 is 5.97 Å². The zero-order valence-electron chi connectivity index (χ0n) is 11.9. The van der Waals surface area contributed by atoms with Gasteiger partial charge in [0.15, 0.2) is 0 Å². The number of ketones is 2. The number of Topliss-reactive ketones (excluding diaryl/α,β-unsaturated/α-hetero) is 2. The molecule has 0 bridgehead atoms. The van der Waals surface area contributed by atoms with E-state index < -0.39 is 11.4 Å². The molecule has 20 heavy (non-hydrogen) atoms. The Morgan fingerprint density at radius 3 is 2.35 bits per heavy atom. The summed E-state index contributed by atoms with van der Waals surface area (Å²) in [7, 11) is 0. The van der Waals surface area contributed by atoms with E-state index in [1.165, 1.54) is 13.8 Å². The van der Waals surface area contributed by atoms with E-state index in [1.807, 2.05) is 0 Å². The molecule has 0 saturated heterocycles. The van der Waals surface area contributed by atoms with Gasteiger partial charge in [0.1, 0.15) is 17.3 Å². The molecule has 0 fully saturated rings. The third-order valence-corrected chi connectivity index (χ3v) is 3.90. The zero-order chi connectivity index (χ0) is 14.9. The third kappa shape index (κ3) is 2.24. The summed E-state index contributed by atoms with van der Waals surface area (Å²) in [6.45, 7) is 4.88.